The molecule has 0 aliphatic carbocycles. The summed E-state index contributed by atoms with van der Waals surface area (Å²) >= 11 is 0.243. The molecule has 0 unspecified atom stereocenters. The van der Waals surface area contributed by atoms with Gasteiger partial charge in [0.05, 0.1) is 0 Å². The summed E-state index contributed by atoms with van der Waals surface area (Å²) in [5.74, 6) is 0. The molecule has 1 aliphatic rings. The minimum Gasteiger partial charge on any atom is -0.107 e. The maximum Gasteiger partial charge on any atom is -0.107 e. The number of hydrogen-bond acceptors (Lipinski definition) is 0. The smallest absolute Gasteiger partial charge is 0.107 e. The van der Waals surface area contributed by atoms with Gasteiger partial charge < -0.3 is 0 Å². The quantitative estimate of drug-likeness (QED) is 0.603. The van der Waals surface area contributed by atoms with Crippen LogP contribution in [0.3, 0.4) is 0 Å². The fraction of sp³-hybridized carbons (Fsp3) is 0. The first-order valence-corrected chi connectivity index (χ1v) is 4.16. The van der Waals surface area contributed by atoms with Gasteiger partial charge >= 0.3 is 41.5 Å². The van der Waals surface area contributed by atoms with Crippen LogP contribution in [0.25, 0.3) is 0 Å². The van der Waals surface area contributed by atoms with Crippen LogP contribution in [0.1, 0.15) is 0 Å². The van der Waals surface area contributed by atoms with Gasteiger partial charge in [-0.1, -0.05) is 0 Å². The van der Waals surface area contributed by atoms with E-state index in [1.165, 1.54) is 0 Å². The van der Waals surface area contributed by atoms with Crippen LogP contribution in [-0.2, 0) is 0 Å². The fourth-order valence-electron chi connectivity index (χ4n) is 0.227. The zero-order valence-electron chi connectivity index (χ0n) is 3.13. The third kappa shape index (κ3) is 2.17. The Bertz CT molecular complexity index is 63.6. The SMILES string of the molecule is C1=C[IH]C=C1.I. The molecule has 0 aromatic rings. The van der Waals surface area contributed by atoms with E-state index in [1.54, 1.807) is 0 Å². The van der Waals surface area contributed by atoms with Crippen molar-refractivity contribution >= 4 is 45.2 Å². The van der Waals surface area contributed by atoms with Crippen molar-refractivity contribution in [3.05, 3.63) is 20.3 Å². The van der Waals surface area contributed by atoms with Crippen molar-refractivity contribution in [1.82, 2.24) is 0 Å². The normalized spacial score (nSPS) is 16.0. The first-order valence-electron chi connectivity index (χ1n) is 1.47. The second kappa shape index (κ2) is 4.11. The molecule has 0 radical (unpaired) electrons. The second-order valence-corrected chi connectivity index (χ2v) is 3.12. The van der Waals surface area contributed by atoms with E-state index in [0.717, 1.165) is 0 Å². The topological polar surface area (TPSA) is 0 Å². The summed E-state index contributed by atoms with van der Waals surface area (Å²) in [6.07, 6.45) is 4.23. The largest absolute Gasteiger partial charge is 0.107 e. The van der Waals surface area contributed by atoms with E-state index in [2.05, 4.69) is 20.3 Å². The van der Waals surface area contributed by atoms with Crippen LogP contribution in [0.2, 0.25) is 0 Å². The van der Waals surface area contributed by atoms with Crippen molar-refractivity contribution < 1.29 is 0 Å². The van der Waals surface area contributed by atoms with Gasteiger partial charge in [-0.05, 0) is 0 Å². The predicted octanol–water partition coefficient (Wildman–Crippen LogP) is 2.35. The average molecular weight is 308 g/mol. The summed E-state index contributed by atoms with van der Waals surface area (Å²) in [4.78, 5) is 0. The van der Waals surface area contributed by atoms with Crippen molar-refractivity contribution in [3.63, 3.8) is 0 Å². The number of rotatable bonds is 0. The zero-order chi connectivity index (χ0) is 3.54. The van der Waals surface area contributed by atoms with Crippen LogP contribution in [0.15, 0.2) is 20.3 Å². The van der Waals surface area contributed by atoms with Gasteiger partial charge in [0, 0.05) is 0 Å². The average Bonchev–Trinajstić information content (AvgIpc) is 1.76. The van der Waals surface area contributed by atoms with Gasteiger partial charge in [0.25, 0.3) is 0 Å². The standard InChI is InChI=1S/C4H5I.HI/c1-2-4-5-3-1;/h1-5H;1H. The Morgan fingerprint density at radius 3 is 1.67 bits per heavy atom. The van der Waals surface area contributed by atoms with Crippen LogP contribution in [-0.4, -0.2) is 0 Å². The van der Waals surface area contributed by atoms with Crippen molar-refractivity contribution in [2.45, 2.75) is 0 Å². The molecule has 0 bridgehead atoms. The molecule has 36 valence electrons. The molecule has 0 amide bonds. The molecule has 0 fully saturated rings. The number of hydrogen-bond donors (Lipinski definition) is 0. The summed E-state index contributed by atoms with van der Waals surface area (Å²) in [5, 5.41) is 0. The van der Waals surface area contributed by atoms with Crippen LogP contribution >= 0.6 is 45.2 Å². The van der Waals surface area contributed by atoms with Crippen LogP contribution in [0, 0.1) is 0 Å². The molecule has 0 atom stereocenters. The summed E-state index contributed by atoms with van der Waals surface area (Å²) in [6.45, 7) is 0. The van der Waals surface area contributed by atoms with Crippen molar-refractivity contribution in [2.24, 2.45) is 0 Å². The van der Waals surface area contributed by atoms with E-state index < -0.39 is 0 Å². The van der Waals surface area contributed by atoms with Crippen molar-refractivity contribution in [3.8, 4) is 0 Å². The molecule has 1 rings (SSSR count). The first-order chi connectivity index (χ1) is 2.50. The Balaban J connectivity index is 0.000000250. The van der Waals surface area contributed by atoms with Crippen molar-refractivity contribution in [2.75, 3.05) is 0 Å². The van der Waals surface area contributed by atoms with E-state index in [-0.39, 0.29) is 45.2 Å². The zero-order valence-corrected chi connectivity index (χ0v) is 7.79. The maximum absolute atomic E-state index is 2.26. The summed E-state index contributed by atoms with van der Waals surface area (Å²) in [6, 6.07) is 0. The molecule has 0 N–H and O–H groups in total. The third-order valence-corrected chi connectivity index (χ3v) is 2.22. The molecule has 1 heterocycles. The van der Waals surface area contributed by atoms with E-state index in [1.807, 2.05) is 0 Å². The monoisotopic (exact) mass is 308 g/mol. The van der Waals surface area contributed by atoms with E-state index in [9.17, 15) is 0 Å². The van der Waals surface area contributed by atoms with Gasteiger partial charge in [0.2, 0.25) is 0 Å². The van der Waals surface area contributed by atoms with Crippen LogP contribution < -0.4 is 0 Å². The fourth-order valence-corrected chi connectivity index (χ4v) is 1.52. The minimum absolute atomic E-state index is 0. The van der Waals surface area contributed by atoms with Gasteiger partial charge in [-0.2, -0.15) is 0 Å². The Labute approximate surface area is 65.0 Å². The Hall–Kier alpha value is 0.940. The molecule has 2 heteroatoms. The molecule has 0 aromatic heterocycles. The Kier molecular flexibility index (Phi) is 4.75. The molecule has 6 heavy (non-hydrogen) atoms. The first kappa shape index (κ1) is 6.94. The van der Waals surface area contributed by atoms with Crippen LogP contribution in [0.5, 0.6) is 0 Å². The van der Waals surface area contributed by atoms with E-state index >= 15 is 0 Å². The van der Waals surface area contributed by atoms with Gasteiger partial charge in [-0.15, -0.1) is 24.0 Å². The van der Waals surface area contributed by atoms with E-state index in [4.69, 9.17) is 0 Å². The van der Waals surface area contributed by atoms with Crippen molar-refractivity contribution in [1.29, 1.82) is 0 Å². The Morgan fingerprint density at radius 1 is 1.00 bits per heavy atom. The number of allylic oxidation sites excluding steroid dienone is 2. The van der Waals surface area contributed by atoms with Gasteiger partial charge in [0.15, 0.2) is 0 Å². The predicted molar refractivity (Wildman–Crippen MR) is 49.1 cm³/mol. The van der Waals surface area contributed by atoms with E-state index in [0.29, 0.717) is 0 Å². The third-order valence-electron chi connectivity index (χ3n) is 0.425. The molecule has 0 saturated heterocycles. The minimum atomic E-state index is 0. The van der Waals surface area contributed by atoms with Gasteiger partial charge in [0.1, 0.15) is 0 Å². The summed E-state index contributed by atoms with van der Waals surface area (Å²) in [7, 11) is 0. The van der Waals surface area contributed by atoms with Gasteiger partial charge in [-0.25, -0.2) is 0 Å². The molecular weight excluding hydrogens is 302 g/mol. The van der Waals surface area contributed by atoms with Crippen LogP contribution in [0.4, 0.5) is 0 Å². The number of halogens is 2. The maximum atomic E-state index is 2.26. The summed E-state index contributed by atoms with van der Waals surface area (Å²) in [5.41, 5.74) is 0. The molecule has 0 nitrogen and oxygen atoms in total. The molecule has 0 saturated carbocycles. The molecular formula is C4H6I2. The molecule has 0 aromatic carbocycles. The summed E-state index contributed by atoms with van der Waals surface area (Å²) < 4.78 is 4.51. The molecule has 1 aliphatic heterocycles. The Morgan fingerprint density at radius 2 is 1.50 bits per heavy atom. The molecule has 0 spiro atoms. The second-order valence-electron chi connectivity index (χ2n) is 0.793. The van der Waals surface area contributed by atoms with Gasteiger partial charge in [-0.3, -0.25) is 0 Å².